The van der Waals surface area contributed by atoms with Crippen molar-refractivity contribution in [2.45, 2.75) is 56.9 Å². The number of aliphatic hydroxyl groups excluding tert-OH is 1. The quantitative estimate of drug-likeness (QED) is 0.719. The molecule has 1 saturated carbocycles. The second kappa shape index (κ2) is 7.11. The first-order valence-corrected chi connectivity index (χ1v) is 7.94. The molecule has 1 aliphatic carbocycles. The monoisotopic (exact) mass is 298 g/mol. The van der Waals surface area contributed by atoms with Gasteiger partial charge in [-0.3, -0.25) is 4.79 Å². The van der Waals surface area contributed by atoms with Gasteiger partial charge in [-0.2, -0.15) is 0 Å². The van der Waals surface area contributed by atoms with E-state index in [2.05, 4.69) is 5.32 Å². The zero-order valence-corrected chi connectivity index (χ0v) is 12.5. The third kappa shape index (κ3) is 4.33. The fourth-order valence-corrected chi connectivity index (χ4v) is 3.61. The molecule has 21 heavy (non-hydrogen) atoms. The maximum Gasteiger partial charge on any atom is 0.317 e. The normalized spacial score (nSPS) is 24.8. The molecule has 1 unspecified atom stereocenters. The van der Waals surface area contributed by atoms with Crippen LogP contribution in [-0.4, -0.2) is 52.3 Å². The Kier molecular flexibility index (Phi) is 5.45. The Bertz CT molecular complexity index is 380. The fraction of sp³-hybridized carbons (Fsp3) is 0.867. The van der Waals surface area contributed by atoms with Crippen molar-refractivity contribution in [3.63, 3.8) is 0 Å². The predicted molar refractivity (Wildman–Crippen MR) is 78.0 cm³/mol. The fourth-order valence-electron chi connectivity index (χ4n) is 3.61. The lowest BCUT2D eigenvalue weighted by Gasteiger charge is -2.38. The molecule has 2 fully saturated rings. The first-order chi connectivity index (χ1) is 10.0. The lowest BCUT2D eigenvalue weighted by atomic mass is 9.79. The molecular formula is C15H26N2O4. The van der Waals surface area contributed by atoms with E-state index in [1.54, 1.807) is 4.90 Å². The van der Waals surface area contributed by atoms with Crippen molar-refractivity contribution in [3.05, 3.63) is 0 Å². The Morgan fingerprint density at radius 1 is 1.24 bits per heavy atom. The van der Waals surface area contributed by atoms with Crippen molar-refractivity contribution in [1.29, 1.82) is 0 Å². The molecule has 2 rings (SSSR count). The second-order valence-electron chi connectivity index (χ2n) is 6.45. The number of hydrogen-bond acceptors (Lipinski definition) is 3. The molecule has 0 aromatic carbocycles. The van der Waals surface area contributed by atoms with Gasteiger partial charge in [-0.25, -0.2) is 4.79 Å². The number of nitrogens with one attached hydrogen (secondary N) is 1. The second-order valence-corrected chi connectivity index (χ2v) is 6.45. The van der Waals surface area contributed by atoms with Crippen LogP contribution in [0.2, 0.25) is 0 Å². The molecule has 1 saturated heterocycles. The standard InChI is InChI=1S/C15H26N2O4/c18-9-5-12-4-8-17(11-12)14(21)16-15(10-13(19)20)6-2-1-3-7-15/h12,18H,1-11H2,(H,16,21)(H,19,20). The molecule has 2 amide bonds. The minimum Gasteiger partial charge on any atom is -0.481 e. The summed E-state index contributed by atoms with van der Waals surface area (Å²) in [5.74, 6) is -0.487. The number of hydrogen-bond donors (Lipinski definition) is 3. The summed E-state index contributed by atoms with van der Waals surface area (Å²) in [6, 6.07) is -0.140. The lowest BCUT2D eigenvalue weighted by molar-refractivity contribution is -0.139. The van der Waals surface area contributed by atoms with Crippen molar-refractivity contribution in [1.82, 2.24) is 10.2 Å². The highest BCUT2D eigenvalue weighted by atomic mass is 16.4. The molecule has 3 N–H and O–H groups in total. The highest BCUT2D eigenvalue weighted by Gasteiger charge is 2.38. The van der Waals surface area contributed by atoms with Crippen LogP contribution in [0.15, 0.2) is 0 Å². The van der Waals surface area contributed by atoms with E-state index in [1.165, 1.54) is 0 Å². The van der Waals surface area contributed by atoms with Crippen LogP contribution in [0.25, 0.3) is 0 Å². The number of carbonyl (C=O) groups excluding carboxylic acids is 1. The van der Waals surface area contributed by atoms with Crippen LogP contribution in [0.4, 0.5) is 4.79 Å². The largest absolute Gasteiger partial charge is 0.481 e. The van der Waals surface area contributed by atoms with Crippen LogP contribution in [0.5, 0.6) is 0 Å². The summed E-state index contributed by atoms with van der Waals surface area (Å²) >= 11 is 0. The molecule has 120 valence electrons. The Morgan fingerprint density at radius 3 is 2.57 bits per heavy atom. The van der Waals surface area contributed by atoms with Gasteiger partial charge in [0, 0.05) is 19.7 Å². The van der Waals surface area contributed by atoms with E-state index >= 15 is 0 Å². The third-order valence-corrected chi connectivity index (χ3v) is 4.78. The summed E-state index contributed by atoms with van der Waals surface area (Å²) in [5.41, 5.74) is -0.573. The summed E-state index contributed by atoms with van der Waals surface area (Å²) in [5, 5.41) is 21.1. The molecular weight excluding hydrogens is 272 g/mol. The van der Waals surface area contributed by atoms with Crippen LogP contribution in [0.1, 0.15) is 51.4 Å². The summed E-state index contributed by atoms with van der Waals surface area (Å²) in [6.45, 7) is 1.51. The molecule has 0 aromatic heterocycles. The van der Waals surface area contributed by atoms with Crippen molar-refractivity contribution in [2.24, 2.45) is 5.92 Å². The highest BCUT2D eigenvalue weighted by molar-refractivity contribution is 5.77. The maximum atomic E-state index is 12.4. The predicted octanol–water partition coefficient (Wildman–Crippen LogP) is 1.58. The Labute approximate surface area is 125 Å². The number of urea groups is 1. The number of carboxylic acid groups (broad SMARTS) is 1. The minimum absolute atomic E-state index is 0.00660. The molecule has 0 bridgehead atoms. The number of carboxylic acids is 1. The van der Waals surface area contributed by atoms with Crippen molar-refractivity contribution >= 4 is 12.0 Å². The summed E-state index contributed by atoms with van der Waals surface area (Å²) in [7, 11) is 0. The van der Waals surface area contributed by atoms with E-state index in [9.17, 15) is 9.59 Å². The summed E-state index contributed by atoms with van der Waals surface area (Å²) in [6.07, 6.45) is 6.20. The van der Waals surface area contributed by atoms with E-state index in [-0.39, 0.29) is 19.1 Å². The van der Waals surface area contributed by atoms with Crippen LogP contribution in [-0.2, 0) is 4.79 Å². The molecule has 0 aromatic rings. The third-order valence-electron chi connectivity index (χ3n) is 4.78. The topological polar surface area (TPSA) is 89.9 Å². The van der Waals surface area contributed by atoms with Crippen molar-refractivity contribution < 1.29 is 19.8 Å². The zero-order chi connectivity index (χ0) is 15.3. The van der Waals surface area contributed by atoms with Gasteiger partial charge in [0.05, 0.1) is 12.0 Å². The minimum atomic E-state index is -0.850. The SMILES string of the molecule is O=C(O)CC1(NC(=O)N2CCC(CCO)C2)CCCCC1. The first-order valence-electron chi connectivity index (χ1n) is 7.94. The van der Waals surface area contributed by atoms with E-state index in [0.29, 0.717) is 19.0 Å². The number of carbonyl (C=O) groups is 2. The van der Waals surface area contributed by atoms with Crippen molar-refractivity contribution in [3.8, 4) is 0 Å². The van der Waals surface area contributed by atoms with Gasteiger partial charge in [0.1, 0.15) is 0 Å². The van der Waals surface area contributed by atoms with E-state index in [1.807, 2.05) is 0 Å². The lowest BCUT2D eigenvalue weighted by Crippen LogP contribution is -2.54. The molecule has 1 atom stereocenters. The van der Waals surface area contributed by atoms with Gasteiger partial charge in [-0.15, -0.1) is 0 Å². The first kappa shape index (κ1) is 16.1. The van der Waals surface area contributed by atoms with Gasteiger partial charge in [0.25, 0.3) is 0 Å². The van der Waals surface area contributed by atoms with Gasteiger partial charge in [0.15, 0.2) is 0 Å². The van der Waals surface area contributed by atoms with E-state index < -0.39 is 11.5 Å². The van der Waals surface area contributed by atoms with Crippen LogP contribution in [0, 0.1) is 5.92 Å². The van der Waals surface area contributed by atoms with E-state index in [0.717, 1.165) is 44.9 Å². The molecule has 2 aliphatic rings. The average molecular weight is 298 g/mol. The Balaban J connectivity index is 1.93. The van der Waals surface area contributed by atoms with Crippen LogP contribution in [0.3, 0.4) is 0 Å². The molecule has 0 radical (unpaired) electrons. The van der Waals surface area contributed by atoms with Gasteiger partial charge >= 0.3 is 12.0 Å². The Hall–Kier alpha value is -1.30. The van der Waals surface area contributed by atoms with Crippen molar-refractivity contribution in [2.75, 3.05) is 19.7 Å². The molecule has 6 nitrogen and oxygen atoms in total. The maximum absolute atomic E-state index is 12.4. The smallest absolute Gasteiger partial charge is 0.317 e. The van der Waals surface area contributed by atoms with Crippen LogP contribution >= 0.6 is 0 Å². The molecule has 0 spiro atoms. The number of aliphatic hydroxyl groups is 1. The van der Waals surface area contributed by atoms with Gasteiger partial charge in [-0.05, 0) is 31.6 Å². The van der Waals surface area contributed by atoms with E-state index in [4.69, 9.17) is 10.2 Å². The number of likely N-dealkylation sites (tertiary alicyclic amines) is 1. The van der Waals surface area contributed by atoms with Gasteiger partial charge in [-0.1, -0.05) is 19.3 Å². The van der Waals surface area contributed by atoms with Crippen LogP contribution < -0.4 is 5.32 Å². The number of aliphatic carboxylic acids is 1. The highest BCUT2D eigenvalue weighted by Crippen LogP contribution is 2.32. The van der Waals surface area contributed by atoms with Gasteiger partial charge < -0.3 is 20.4 Å². The Morgan fingerprint density at radius 2 is 1.95 bits per heavy atom. The molecule has 6 heteroatoms. The average Bonchev–Trinajstić information content (AvgIpc) is 2.88. The summed E-state index contributed by atoms with van der Waals surface area (Å²) in [4.78, 5) is 25.3. The number of amides is 2. The number of nitrogens with zero attached hydrogens (tertiary/aromatic N) is 1. The zero-order valence-electron chi connectivity index (χ0n) is 12.5. The molecule has 1 heterocycles. The van der Waals surface area contributed by atoms with Gasteiger partial charge in [0.2, 0.25) is 0 Å². The summed E-state index contributed by atoms with van der Waals surface area (Å²) < 4.78 is 0. The number of rotatable bonds is 5. The molecule has 1 aliphatic heterocycles.